The Hall–Kier alpha value is -1.73. The number of carbonyl (C=O) groups excluding carboxylic acids is 2. The van der Waals surface area contributed by atoms with Crippen LogP contribution in [0, 0.1) is 0 Å². The Bertz CT molecular complexity index is 561. The zero-order chi connectivity index (χ0) is 19.2. The molecule has 0 bridgehead atoms. The van der Waals surface area contributed by atoms with Crippen LogP contribution >= 0.6 is 11.8 Å². The number of hydrogen-bond donors (Lipinski definition) is 0. The normalized spacial score (nSPS) is 10.4. The lowest BCUT2D eigenvalue weighted by atomic mass is 10.2. The average molecular weight is 384 g/mol. The summed E-state index contributed by atoms with van der Waals surface area (Å²) in [7, 11) is 1.52. The fourth-order valence-electron chi connectivity index (χ4n) is 1.91. The average Bonchev–Trinajstić information content (AvgIpc) is 2.65. The van der Waals surface area contributed by atoms with Crippen molar-refractivity contribution in [1.82, 2.24) is 0 Å². The summed E-state index contributed by atoms with van der Waals surface area (Å²) in [5.41, 5.74) is 0.376. The number of rotatable bonds is 13. The van der Waals surface area contributed by atoms with Gasteiger partial charge in [-0.2, -0.15) is 0 Å². The predicted molar refractivity (Wildman–Crippen MR) is 101 cm³/mol. The van der Waals surface area contributed by atoms with Crippen molar-refractivity contribution in [3.8, 4) is 5.75 Å². The number of methoxy groups -OCH3 is 1. The van der Waals surface area contributed by atoms with E-state index in [2.05, 4.69) is 0 Å². The Balaban J connectivity index is 2.77. The minimum Gasteiger partial charge on any atom is -0.468 e. The predicted octanol–water partition coefficient (Wildman–Crippen LogP) is 4.06. The van der Waals surface area contributed by atoms with Gasteiger partial charge in [-0.3, -0.25) is 4.79 Å². The summed E-state index contributed by atoms with van der Waals surface area (Å²) in [4.78, 5) is 24.8. The van der Waals surface area contributed by atoms with Crippen molar-refractivity contribution in [2.45, 2.75) is 44.4 Å². The third-order valence-electron chi connectivity index (χ3n) is 3.35. The summed E-state index contributed by atoms with van der Waals surface area (Å²) in [6.07, 6.45) is 3.56. The van der Waals surface area contributed by atoms with Crippen molar-refractivity contribution in [1.29, 1.82) is 0 Å². The molecule has 0 radical (unpaired) electrons. The third kappa shape index (κ3) is 8.58. The molecular formula is C19H28O6S. The van der Waals surface area contributed by atoms with Crippen molar-refractivity contribution in [2.24, 2.45) is 0 Å². The van der Waals surface area contributed by atoms with E-state index in [0.717, 1.165) is 25.7 Å². The second kappa shape index (κ2) is 13.5. The Morgan fingerprint density at radius 2 is 1.73 bits per heavy atom. The van der Waals surface area contributed by atoms with Gasteiger partial charge in [-0.15, -0.1) is 11.8 Å². The van der Waals surface area contributed by atoms with Crippen LogP contribution < -0.4 is 4.74 Å². The molecule has 1 rings (SSSR count). The highest BCUT2D eigenvalue weighted by atomic mass is 32.2. The molecular weight excluding hydrogens is 356 g/mol. The number of carbonyl (C=O) groups is 2. The molecule has 0 fully saturated rings. The second-order valence-corrected chi connectivity index (χ2v) is 6.58. The van der Waals surface area contributed by atoms with Gasteiger partial charge in [0, 0.05) is 12.0 Å². The van der Waals surface area contributed by atoms with Gasteiger partial charge in [-0.25, -0.2) is 4.79 Å². The standard InChI is InChI=1S/C19H28O6S/c1-4-6-10-23-18(20)13-26-17-9-8-15(25-14-22-3)12-16(17)19(21)24-11-7-5-2/h8-9,12H,4-7,10-11,13-14H2,1-3H3. The Morgan fingerprint density at radius 3 is 2.38 bits per heavy atom. The van der Waals surface area contributed by atoms with Crippen LogP contribution in [0.1, 0.15) is 49.9 Å². The van der Waals surface area contributed by atoms with Crippen molar-refractivity contribution in [3.05, 3.63) is 23.8 Å². The highest BCUT2D eigenvalue weighted by molar-refractivity contribution is 8.00. The van der Waals surface area contributed by atoms with Gasteiger partial charge in [-0.1, -0.05) is 26.7 Å². The first-order valence-electron chi connectivity index (χ1n) is 8.83. The van der Waals surface area contributed by atoms with Crippen LogP contribution in [-0.4, -0.2) is 44.8 Å². The van der Waals surface area contributed by atoms with Crippen molar-refractivity contribution < 1.29 is 28.5 Å². The number of ether oxygens (including phenoxy) is 4. The summed E-state index contributed by atoms with van der Waals surface area (Å²) in [6, 6.07) is 5.08. The van der Waals surface area contributed by atoms with Gasteiger partial charge >= 0.3 is 11.9 Å². The lowest BCUT2D eigenvalue weighted by Gasteiger charge is -2.12. The van der Waals surface area contributed by atoms with Gasteiger partial charge in [0.2, 0.25) is 0 Å². The van der Waals surface area contributed by atoms with E-state index in [1.807, 2.05) is 13.8 Å². The molecule has 7 heteroatoms. The molecule has 0 N–H and O–H groups in total. The van der Waals surface area contributed by atoms with Crippen LogP contribution in [-0.2, 0) is 19.0 Å². The van der Waals surface area contributed by atoms with Crippen molar-refractivity contribution in [3.63, 3.8) is 0 Å². The number of benzene rings is 1. The van der Waals surface area contributed by atoms with Crippen LogP contribution in [0.3, 0.4) is 0 Å². The van der Waals surface area contributed by atoms with Gasteiger partial charge in [0.15, 0.2) is 6.79 Å². The lowest BCUT2D eigenvalue weighted by Crippen LogP contribution is -2.11. The van der Waals surface area contributed by atoms with E-state index in [-0.39, 0.29) is 18.5 Å². The fourth-order valence-corrected chi connectivity index (χ4v) is 2.73. The van der Waals surface area contributed by atoms with E-state index < -0.39 is 5.97 Å². The molecule has 0 saturated carbocycles. The molecule has 0 aromatic heterocycles. The first kappa shape index (κ1) is 22.3. The molecule has 1 aromatic rings. The van der Waals surface area contributed by atoms with E-state index in [1.54, 1.807) is 18.2 Å². The van der Waals surface area contributed by atoms with Crippen molar-refractivity contribution in [2.75, 3.05) is 32.9 Å². The van der Waals surface area contributed by atoms with Crippen LogP contribution in [0.4, 0.5) is 0 Å². The van der Waals surface area contributed by atoms with Crippen LogP contribution in [0.25, 0.3) is 0 Å². The molecule has 146 valence electrons. The quantitative estimate of drug-likeness (QED) is 0.220. The van der Waals surface area contributed by atoms with E-state index in [0.29, 0.717) is 29.4 Å². The minimum absolute atomic E-state index is 0.0839. The summed E-state index contributed by atoms with van der Waals surface area (Å²) in [5.74, 6) is -0.0853. The topological polar surface area (TPSA) is 71.1 Å². The third-order valence-corrected chi connectivity index (χ3v) is 4.40. The Labute approximate surface area is 159 Å². The summed E-state index contributed by atoms with van der Waals surface area (Å²) in [6.45, 7) is 4.93. The van der Waals surface area contributed by atoms with Crippen molar-refractivity contribution >= 4 is 23.7 Å². The van der Waals surface area contributed by atoms with Crippen LogP contribution in [0.5, 0.6) is 5.75 Å². The monoisotopic (exact) mass is 384 g/mol. The first-order valence-corrected chi connectivity index (χ1v) is 9.82. The number of esters is 2. The molecule has 0 amide bonds. The number of thioether (sulfide) groups is 1. The summed E-state index contributed by atoms with van der Waals surface area (Å²) >= 11 is 1.25. The van der Waals surface area contributed by atoms with Gasteiger partial charge in [-0.05, 0) is 31.0 Å². The lowest BCUT2D eigenvalue weighted by molar-refractivity contribution is -0.140. The van der Waals surface area contributed by atoms with E-state index in [9.17, 15) is 9.59 Å². The molecule has 0 atom stereocenters. The SMILES string of the molecule is CCCCOC(=O)CSc1ccc(OCOC)cc1C(=O)OCCCC. The molecule has 0 aliphatic heterocycles. The number of unbranched alkanes of at least 4 members (excludes halogenated alkanes) is 2. The molecule has 0 aliphatic rings. The molecule has 0 heterocycles. The summed E-state index contributed by atoms with van der Waals surface area (Å²) in [5, 5.41) is 0. The van der Waals surface area contributed by atoms with Gasteiger partial charge in [0.1, 0.15) is 5.75 Å². The second-order valence-electron chi connectivity index (χ2n) is 5.56. The zero-order valence-electron chi connectivity index (χ0n) is 15.7. The van der Waals surface area contributed by atoms with E-state index in [4.69, 9.17) is 18.9 Å². The molecule has 1 aromatic carbocycles. The van der Waals surface area contributed by atoms with Crippen LogP contribution in [0.2, 0.25) is 0 Å². The zero-order valence-corrected chi connectivity index (χ0v) is 16.6. The molecule has 0 unspecified atom stereocenters. The van der Waals surface area contributed by atoms with Crippen LogP contribution in [0.15, 0.2) is 23.1 Å². The molecule has 26 heavy (non-hydrogen) atoms. The first-order chi connectivity index (χ1) is 12.6. The van der Waals surface area contributed by atoms with Gasteiger partial charge < -0.3 is 18.9 Å². The fraction of sp³-hybridized carbons (Fsp3) is 0.579. The Kier molecular flexibility index (Phi) is 11.6. The highest BCUT2D eigenvalue weighted by Crippen LogP contribution is 2.28. The van der Waals surface area contributed by atoms with E-state index >= 15 is 0 Å². The minimum atomic E-state index is -0.428. The molecule has 0 spiro atoms. The molecule has 0 saturated heterocycles. The van der Waals surface area contributed by atoms with Gasteiger partial charge in [0.25, 0.3) is 0 Å². The Morgan fingerprint density at radius 1 is 1.04 bits per heavy atom. The molecule has 6 nitrogen and oxygen atoms in total. The van der Waals surface area contributed by atoms with E-state index in [1.165, 1.54) is 18.9 Å². The largest absolute Gasteiger partial charge is 0.468 e. The maximum Gasteiger partial charge on any atom is 0.339 e. The van der Waals surface area contributed by atoms with Gasteiger partial charge in [0.05, 0.1) is 24.5 Å². The molecule has 0 aliphatic carbocycles. The smallest absolute Gasteiger partial charge is 0.339 e. The maximum absolute atomic E-state index is 12.4. The maximum atomic E-state index is 12.4. The highest BCUT2D eigenvalue weighted by Gasteiger charge is 2.16. The summed E-state index contributed by atoms with van der Waals surface area (Å²) < 4.78 is 20.7. The number of hydrogen-bond acceptors (Lipinski definition) is 7.